The van der Waals surface area contributed by atoms with Gasteiger partial charge in [0.2, 0.25) is 0 Å². The number of hydrogen-bond donors (Lipinski definition) is 2. The molecule has 5 nitrogen and oxygen atoms in total. The van der Waals surface area contributed by atoms with E-state index in [0.29, 0.717) is 22.9 Å². The zero-order valence-corrected chi connectivity index (χ0v) is 15.3. The molecule has 0 saturated carbocycles. The first-order valence-corrected chi connectivity index (χ1v) is 8.76. The minimum atomic E-state index is -0.360. The minimum absolute atomic E-state index is 0.184. The molecule has 1 aromatic heterocycles. The highest BCUT2D eigenvalue weighted by Crippen LogP contribution is 2.18. The van der Waals surface area contributed by atoms with E-state index in [9.17, 15) is 9.59 Å². The van der Waals surface area contributed by atoms with E-state index in [0.717, 1.165) is 0 Å². The molecular weight excluding hydrogens is 338 g/mol. The largest absolute Gasteiger partial charge is 0.322 e. The third kappa shape index (κ3) is 4.79. The summed E-state index contributed by atoms with van der Waals surface area (Å²) in [4.78, 5) is 28.9. The van der Waals surface area contributed by atoms with Gasteiger partial charge in [-0.05, 0) is 47.9 Å². The van der Waals surface area contributed by atoms with Crippen LogP contribution in [0.2, 0.25) is 0 Å². The van der Waals surface area contributed by atoms with Crippen molar-refractivity contribution in [1.29, 1.82) is 0 Å². The maximum Gasteiger partial charge on any atom is 0.274 e. The van der Waals surface area contributed by atoms with Crippen LogP contribution in [0.4, 0.5) is 11.4 Å². The Morgan fingerprint density at radius 3 is 2.11 bits per heavy atom. The van der Waals surface area contributed by atoms with Gasteiger partial charge >= 0.3 is 0 Å². The Morgan fingerprint density at radius 2 is 1.44 bits per heavy atom. The summed E-state index contributed by atoms with van der Waals surface area (Å²) in [6, 6.07) is 19.9. The van der Waals surface area contributed by atoms with Gasteiger partial charge in [0.15, 0.2) is 0 Å². The van der Waals surface area contributed by atoms with Crippen molar-refractivity contribution in [1.82, 2.24) is 4.98 Å². The van der Waals surface area contributed by atoms with Crippen LogP contribution in [0.15, 0.2) is 72.9 Å². The number of anilines is 2. The fourth-order valence-electron chi connectivity index (χ4n) is 2.57. The molecule has 0 fully saturated rings. The normalized spacial score (nSPS) is 10.5. The molecule has 0 unspecified atom stereocenters. The molecule has 0 aliphatic carbocycles. The topological polar surface area (TPSA) is 71.1 Å². The molecule has 2 aromatic carbocycles. The van der Waals surface area contributed by atoms with Crippen LogP contribution < -0.4 is 10.6 Å². The van der Waals surface area contributed by atoms with Crippen LogP contribution in [0.3, 0.4) is 0 Å². The lowest BCUT2D eigenvalue weighted by Crippen LogP contribution is -2.17. The van der Waals surface area contributed by atoms with Crippen molar-refractivity contribution in [2.24, 2.45) is 0 Å². The van der Waals surface area contributed by atoms with Crippen LogP contribution >= 0.6 is 0 Å². The standard InChI is InChI=1S/C22H21N3O2/c1-15(2)16-8-10-19(11-9-16)25-22(27)20-14-17(12-13-23-20)21(26)24-18-6-4-3-5-7-18/h3-15H,1-2H3,(H,24,26)(H,25,27). The summed E-state index contributed by atoms with van der Waals surface area (Å²) in [7, 11) is 0. The number of amides is 2. The lowest BCUT2D eigenvalue weighted by atomic mass is 10.0. The van der Waals surface area contributed by atoms with E-state index in [4.69, 9.17) is 0 Å². The van der Waals surface area contributed by atoms with E-state index >= 15 is 0 Å². The SMILES string of the molecule is CC(C)c1ccc(NC(=O)c2cc(C(=O)Nc3ccccc3)ccn2)cc1. The third-order valence-corrected chi connectivity index (χ3v) is 4.12. The summed E-state index contributed by atoms with van der Waals surface area (Å²) < 4.78 is 0. The van der Waals surface area contributed by atoms with E-state index in [-0.39, 0.29) is 17.5 Å². The van der Waals surface area contributed by atoms with Crippen LogP contribution in [0.5, 0.6) is 0 Å². The highest BCUT2D eigenvalue weighted by Gasteiger charge is 2.12. The van der Waals surface area contributed by atoms with Gasteiger partial charge in [-0.3, -0.25) is 14.6 Å². The lowest BCUT2D eigenvalue weighted by molar-refractivity contribution is 0.102. The Bertz CT molecular complexity index is 935. The number of carbonyl (C=O) groups excluding carboxylic acids is 2. The minimum Gasteiger partial charge on any atom is -0.322 e. The zero-order valence-electron chi connectivity index (χ0n) is 15.3. The second-order valence-corrected chi connectivity index (χ2v) is 6.48. The first kappa shape index (κ1) is 18.3. The van der Waals surface area contributed by atoms with Gasteiger partial charge in [-0.15, -0.1) is 0 Å². The van der Waals surface area contributed by atoms with Gasteiger partial charge in [0, 0.05) is 23.1 Å². The third-order valence-electron chi connectivity index (χ3n) is 4.12. The Balaban J connectivity index is 1.70. The van der Waals surface area contributed by atoms with Crippen molar-refractivity contribution < 1.29 is 9.59 Å². The monoisotopic (exact) mass is 359 g/mol. The van der Waals surface area contributed by atoms with Crippen molar-refractivity contribution in [3.8, 4) is 0 Å². The Kier molecular flexibility index (Phi) is 5.61. The summed E-state index contributed by atoms with van der Waals surface area (Å²) >= 11 is 0. The number of benzene rings is 2. The predicted molar refractivity (Wildman–Crippen MR) is 107 cm³/mol. The molecule has 0 spiro atoms. The molecular formula is C22H21N3O2. The van der Waals surface area contributed by atoms with Gasteiger partial charge in [0.25, 0.3) is 11.8 Å². The van der Waals surface area contributed by atoms with E-state index in [2.05, 4.69) is 29.5 Å². The average molecular weight is 359 g/mol. The number of hydrogen-bond acceptors (Lipinski definition) is 3. The molecule has 1 heterocycles. The molecule has 0 aliphatic heterocycles. The maximum atomic E-state index is 12.5. The summed E-state index contributed by atoms with van der Waals surface area (Å²) in [5, 5.41) is 5.60. The molecule has 0 radical (unpaired) electrons. The number of para-hydroxylation sites is 1. The van der Waals surface area contributed by atoms with Crippen LogP contribution in [-0.4, -0.2) is 16.8 Å². The second kappa shape index (κ2) is 8.27. The number of nitrogens with one attached hydrogen (secondary N) is 2. The van der Waals surface area contributed by atoms with Gasteiger partial charge in [-0.1, -0.05) is 44.2 Å². The number of nitrogens with zero attached hydrogens (tertiary/aromatic N) is 1. The Labute approximate surface area is 158 Å². The summed E-state index contributed by atoms with van der Waals surface area (Å²) in [5.41, 5.74) is 3.13. The number of aromatic nitrogens is 1. The molecule has 0 atom stereocenters. The molecule has 0 saturated heterocycles. The fraction of sp³-hybridized carbons (Fsp3) is 0.136. The van der Waals surface area contributed by atoms with Gasteiger partial charge in [0.1, 0.15) is 5.69 Å². The maximum absolute atomic E-state index is 12.5. The quantitative estimate of drug-likeness (QED) is 0.693. The molecule has 3 aromatic rings. The number of rotatable bonds is 5. The Morgan fingerprint density at radius 1 is 0.815 bits per heavy atom. The molecule has 0 aliphatic rings. The molecule has 2 amide bonds. The second-order valence-electron chi connectivity index (χ2n) is 6.48. The summed E-state index contributed by atoms with van der Waals surface area (Å²) in [5.74, 6) is -0.225. The van der Waals surface area contributed by atoms with Crippen molar-refractivity contribution in [3.63, 3.8) is 0 Å². The van der Waals surface area contributed by atoms with E-state index in [1.54, 1.807) is 18.2 Å². The van der Waals surface area contributed by atoms with E-state index in [1.165, 1.54) is 17.8 Å². The van der Waals surface area contributed by atoms with Gasteiger partial charge in [-0.2, -0.15) is 0 Å². The van der Waals surface area contributed by atoms with Gasteiger partial charge < -0.3 is 10.6 Å². The zero-order chi connectivity index (χ0) is 19.2. The van der Waals surface area contributed by atoms with E-state index in [1.807, 2.05) is 42.5 Å². The Hall–Kier alpha value is -3.47. The van der Waals surface area contributed by atoms with Crippen LogP contribution in [0.1, 0.15) is 46.2 Å². The summed E-state index contributed by atoms with van der Waals surface area (Å²) in [6.45, 7) is 4.23. The smallest absolute Gasteiger partial charge is 0.274 e. The molecule has 3 rings (SSSR count). The van der Waals surface area contributed by atoms with Gasteiger partial charge in [0.05, 0.1) is 0 Å². The average Bonchev–Trinajstić information content (AvgIpc) is 2.69. The molecule has 2 N–H and O–H groups in total. The molecule has 5 heteroatoms. The summed E-state index contributed by atoms with van der Waals surface area (Å²) in [6.07, 6.45) is 1.46. The predicted octanol–water partition coefficient (Wildman–Crippen LogP) is 4.71. The van der Waals surface area contributed by atoms with Crippen molar-refractivity contribution >= 4 is 23.2 Å². The van der Waals surface area contributed by atoms with Crippen LogP contribution in [0, 0.1) is 0 Å². The van der Waals surface area contributed by atoms with Crippen molar-refractivity contribution in [2.45, 2.75) is 19.8 Å². The number of carbonyl (C=O) groups is 2. The van der Waals surface area contributed by atoms with Crippen molar-refractivity contribution in [2.75, 3.05) is 10.6 Å². The fourth-order valence-corrected chi connectivity index (χ4v) is 2.57. The van der Waals surface area contributed by atoms with Gasteiger partial charge in [-0.25, -0.2) is 0 Å². The van der Waals surface area contributed by atoms with Crippen LogP contribution in [-0.2, 0) is 0 Å². The first-order chi connectivity index (χ1) is 13.0. The molecule has 0 bridgehead atoms. The van der Waals surface area contributed by atoms with Crippen molar-refractivity contribution in [3.05, 3.63) is 89.7 Å². The molecule has 136 valence electrons. The first-order valence-electron chi connectivity index (χ1n) is 8.76. The van der Waals surface area contributed by atoms with Crippen LogP contribution in [0.25, 0.3) is 0 Å². The number of pyridine rings is 1. The lowest BCUT2D eigenvalue weighted by Gasteiger charge is -2.09. The molecule has 27 heavy (non-hydrogen) atoms. The van der Waals surface area contributed by atoms with E-state index < -0.39 is 0 Å². The highest BCUT2D eigenvalue weighted by molar-refractivity contribution is 6.07. The highest BCUT2D eigenvalue weighted by atomic mass is 16.2.